The van der Waals surface area contributed by atoms with Gasteiger partial charge in [0.25, 0.3) is 0 Å². The van der Waals surface area contributed by atoms with E-state index in [1.54, 1.807) is 0 Å². The first kappa shape index (κ1) is 18.1. The molecule has 0 aromatic carbocycles. The van der Waals surface area contributed by atoms with Crippen LogP contribution in [0.3, 0.4) is 0 Å². The molecule has 0 aromatic rings. The van der Waals surface area contributed by atoms with Crippen molar-refractivity contribution in [1.82, 2.24) is 0 Å². The summed E-state index contributed by atoms with van der Waals surface area (Å²) in [5, 5.41) is 8.53. The Hall–Kier alpha value is -0.900. The van der Waals surface area contributed by atoms with Gasteiger partial charge in [-0.2, -0.15) is 0 Å². The maximum atomic E-state index is 11.5. The molecule has 4 nitrogen and oxygen atoms in total. The Bertz CT molecular complexity index is 254. The number of ketones is 1. The smallest absolute Gasteiger partial charge is 0.305 e. The van der Waals surface area contributed by atoms with Crippen molar-refractivity contribution >= 4 is 11.8 Å². The van der Waals surface area contributed by atoms with Gasteiger partial charge in [-0.25, -0.2) is 0 Å². The fraction of sp³-hybridized carbons (Fsp3) is 0.867. The zero-order valence-corrected chi connectivity index (χ0v) is 12.2. The molecular formula is C15H29NO3. The van der Waals surface area contributed by atoms with E-state index in [4.69, 9.17) is 10.8 Å². The highest BCUT2D eigenvalue weighted by Gasteiger charge is 2.15. The molecule has 0 saturated carbocycles. The summed E-state index contributed by atoms with van der Waals surface area (Å²) in [4.78, 5) is 21.9. The molecule has 0 aliphatic carbocycles. The summed E-state index contributed by atoms with van der Waals surface area (Å²) >= 11 is 0. The van der Waals surface area contributed by atoms with Gasteiger partial charge in [-0.15, -0.1) is 0 Å². The third-order valence-corrected chi connectivity index (χ3v) is 3.33. The minimum Gasteiger partial charge on any atom is -0.481 e. The van der Waals surface area contributed by atoms with Crippen molar-refractivity contribution in [2.24, 2.45) is 5.73 Å². The number of hydrogen-bond donors (Lipinski definition) is 2. The van der Waals surface area contributed by atoms with Gasteiger partial charge in [0.2, 0.25) is 0 Å². The molecule has 0 spiro atoms. The van der Waals surface area contributed by atoms with Crippen LogP contribution in [0.15, 0.2) is 0 Å². The zero-order chi connectivity index (χ0) is 14.5. The van der Waals surface area contributed by atoms with Crippen molar-refractivity contribution in [3.8, 4) is 0 Å². The lowest BCUT2D eigenvalue weighted by atomic mass is 10.0. The molecule has 0 radical (unpaired) electrons. The second-order valence-corrected chi connectivity index (χ2v) is 5.25. The number of carboxylic acids is 1. The second kappa shape index (κ2) is 12.2. The number of hydrogen-bond acceptors (Lipinski definition) is 3. The predicted molar refractivity (Wildman–Crippen MR) is 77.1 cm³/mol. The standard InChI is InChI=1S/C15H29NO3/c1-2-3-4-5-6-7-8-9-10-11-14(17)13(16)12-15(18)19/h13H,2-12,16H2,1H3,(H,18,19). The van der Waals surface area contributed by atoms with Crippen molar-refractivity contribution in [2.45, 2.75) is 83.6 Å². The van der Waals surface area contributed by atoms with Gasteiger partial charge >= 0.3 is 5.97 Å². The van der Waals surface area contributed by atoms with E-state index in [0.29, 0.717) is 6.42 Å². The third-order valence-electron chi connectivity index (χ3n) is 3.33. The quantitative estimate of drug-likeness (QED) is 0.504. The number of carbonyl (C=O) groups excluding carboxylic acids is 1. The zero-order valence-electron chi connectivity index (χ0n) is 12.2. The normalized spacial score (nSPS) is 12.3. The van der Waals surface area contributed by atoms with Crippen LogP contribution in [0.2, 0.25) is 0 Å². The van der Waals surface area contributed by atoms with E-state index in [1.807, 2.05) is 0 Å². The molecule has 4 heteroatoms. The number of carbonyl (C=O) groups is 2. The van der Waals surface area contributed by atoms with Crippen LogP contribution in [0, 0.1) is 0 Å². The number of nitrogens with two attached hydrogens (primary N) is 1. The first-order chi connectivity index (χ1) is 9.07. The molecule has 0 amide bonds. The molecule has 1 unspecified atom stereocenters. The largest absolute Gasteiger partial charge is 0.481 e. The summed E-state index contributed by atoms with van der Waals surface area (Å²) in [6.07, 6.45) is 11.0. The first-order valence-corrected chi connectivity index (χ1v) is 7.58. The van der Waals surface area contributed by atoms with Crippen LogP contribution in [0.1, 0.15) is 77.6 Å². The van der Waals surface area contributed by atoms with Gasteiger partial charge in [0.1, 0.15) is 5.78 Å². The summed E-state index contributed by atoms with van der Waals surface area (Å²) in [6, 6.07) is -0.827. The number of Topliss-reactive ketones (excluding diaryl/α,β-unsaturated/α-hetero) is 1. The second-order valence-electron chi connectivity index (χ2n) is 5.25. The molecule has 0 bridgehead atoms. The van der Waals surface area contributed by atoms with E-state index in [0.717, 1.165) is 19.3 Å². The van der Waals surface area contributed by atoms with Gasteiger partial charge in [0, 0.05) is 6.42 Å². The number of rotatable bonds is 13. The van der Waals surface area contributed by atoms with Crippen LogP contribution in [-0.2, 0) is 9.59 Å². The van der Waals surface area contributed by atoms with E-state index >= 15 is 0 Å². The lowest BCUT2D eigenvalue weighted by Crippen LogP contribution is -2.32. The molecule has 0 fully saturated rings. The molecule has 19 heavy (non-hydrogen) atoms. The molecule has 0 aliphatic rings. The Morgan fingerprint density at radius 1 is 0.947 bits per heavy atom. The van der Waals surface area contributed by atoms with Gasteiger partial charge in [-0.3, -0.25) is 9.59 Å². The van der Waals surface area contributed by atoms with Crippen LogP contribution in [0.5, 0.6) is 0 Å². The molecule has 112 valence electrons. The number of unbranched alkanes of at least 4 members (excludes halogenated alkanes) is 8. The predicted octanol–water partition coefficient (Wildman–Crippen LogP) is 3.28. The Morgan fingerprint density at radius 2 is 1.42 bits per heavy atom. The average molecular weight is 271 g/mol. The summed E-state index contributed by atoms with van der Waals surface area (Å²) in [6.45, 7) is 2.21. The molecule has 0 aromatic heterocycles. The first-order valence-electron chi connectivity index (χ1n) is 7.58. The molecule has 0 saturated heterocycles. The molecule has 1 atom stereocenters. The fourth-order valence-electron chi connectivity index (χ4n) is 2.10. The maximum Gasteiger partial charge on any atom is 0.305 e. The number of carboxylic acid groups (broad SMARTS) is 1. The summed E-state index contributed by atoms with van der Waals surface area (Å²) < 4.78 is 0. The highest BCUT2D eigenvalue weighted by Crippen LogP contribution is 2.11. The third kappa shape index (κ3) is 11.9. The lowest BCUT2D eigenvalue weighted by Gasteiger charge is -2.07. The molecule has 3 N–H and O–H groups in total. The van der Waals surface area contributed by atoms with Gasteiger partial charge in [0.05, 0.1) is 12.5 Å². The van der Waals surface area contributed by atoms with Gasteiger partial charge in [0.15, 0.2) is 0 Å². The Labute approximate surface area is 116 Å². The van der Waals surface area contributed by atoms with Crippen LogP contribution in [-0.4, -0.2) is 22.9 Å². The molecular weight excluding hydrogens is 242 g/mol. The van der Waals surface area contributed by atoms with Crippen LogP contribution >= 0.6 is 0 Å². The van der Waals surface area contributed by atoms with Crippen molar-refractivity contribution < 1.29 is 14.7 Å². The van der Waals surface area contributed by atoms with E-state index in [1.165, 1.54) is 38.5 Å². The Kier molecular flexibility index (Phi) is 11.6. The van der Waals surface area contributed by atoms with Crippen molar-refractivity contribution in [3.63, 3.8) is 0 Å². The van der Waals surface area contributed by atoms with Crippen molar-refractivity contribution in [2.75, 3.05) is 0 Å². The van der Waals surface area contributed by atoms with Crippen LogP contribution in [0.4, 0.5) is 0 Å². The lowest BCUT2D eigenvalue weighted by molar-refractivity contribution is -0.139. The topological polar surface area (TPSA) is 80.4 Å². The highest BCUT2D eigenvalue weighted by molar-refractivity contribution is 5.87. The van der Waals surface area contributed by atoms with E-state index in [2.05, 4.69) is 6.92 Å². The summed E-state index contributed by atoms with van der Waals surface area (Å²) in [5.41, 5.74) is 5.50. The Balaban J connectivity index is 3.34. The number of aliphatic carboxylic acids is 1. The molecule has 0 rings (SSSR count). The Morgan fingerprint density at radius 3 is 1.89 bits per heavy atom. The maximum absolute atomic E-state index is 11.5. The van der Waals surface area contributed by atoms with Crippen molar-refractivity contribution in [1.29, 1.82) is 0 Å². The van der Waals surface area contributed by atoms with E-state index in [-0.39, 0.29) is 12.2 Å². The molecule has 0 heterocycles. The summed E-state index contributed by atoms with van der Waals surface area (Å²) in [5.74, 6) is -1.13. The highest BCUT2D eigenvalue weighted by atomic mass is 16.4. The van der Waals surface area contributed by atoms with Gasteiger partial charge in [-0.1, -0.05) is 58.3 Å². The van der Waals surface area contributed by atoms with Gasteiger partial charge < -0.3 is 10.8 Å². The summed E-state index contributed by atoms with van der Waals surface area (Å²) in [7, 11) is 0. The SMILES string of the molecule is CCCCCCCCCCCC(=O)C(N)CC(=O)O. The van der Waals surface area contributed by atoms with Crippen molar-refractivity contribution in [3.05, 3.63) is 0 Å². The monoisotopic (exact) mass is 271 g/mol. The minimum absolute atomic E-state index is 0.120. The van der Waals surface area contributed by atoms with Crippen LogP contribution < -0.4 is 5.73 Å². The minimum atomic E-state index is -1.01. The van der Waals surface area contributed by atoms with Gasteiger partial charge in [-0.05, 0) is 6.42 Å². The van der Waals surface area contributed by atoms with Crippen LogP contribution in [0.25, 0.3) is 0 Å². The fourth-order valence-corrected chi connectivity index (χ4v) is 2.10. The molecule has 0 aliphatic heterocycles. The average Bonchev–Trinajstić information content (AvgIpc) is 2.35. The van der Waals surface area contributed by atoms with E-state index in [9.17, 15) is 9.59 Å². The van der Waals surface area contributed by atoms with E-state index < -0.39 is 12.0 Å².